The lowest BCUT2D eigenvalue weighted by atomic mass is 9.94. The van der Waals surface area contributed by atoms with Crippen LogP contribution in [0, 0.1) is 0 Å². The van der Waals surface area contributed by atoms with Gasteiger partial charge in [0.15, 0.2) is 0 Å². The first-order valence-electron chi connectivity index (χ1n) is 5.02. The van der Waals surface area contributed by atoms with E-state index in [-0.39, 0.29) is 0 Å². The molecule has 1 aromatic rings. The Bertz CT molecular complexity index is 337. The van der Waals surface area contributed by atoms with Crippen LogP contribution in [-0.4, -0.2) is 17.3 Å². The molecular formula is C12H16O2. The molecule has 2 nitrogen and oxygen atoms in total. The molecule has 0 amide bonds. The quantitative estimate of drug-likeness (QED) is 0.776. The van der Waals surface area contributed by atoms with Crippen LogP contribution in [0.25, 0.3) is 0 Å². The highest BCUT2D eigenvalue weighted by Gasteiger charge is 2.20. The van der Waals surface area contributed by atoms with Crippen molar-refractivity contribution in [1.82, 2.24) is 0 Å². The minimum absolute atomic E-state index is 0.641. The minimum Gasteiger partial charge on any atom is -0.493 e. The molecule has 14 heavy (non-hydrogen) atoms. The first-order valence-corrected chi connectivity index (χ1v) is 5.02. The van der Waals surface area contributed by atoms with Gasteiger partial charge in [-0.15, -0.1) is 0 Å². The number of benzene rings is 1. The van der Waals surface area contributed by atoms with E-state index in [9.17, 15) is 5.11 Å². The zero-order valence-corrected chi connectivity index (χ0v) is 8.71. The lowest BCUT2D eigenvalue weighted by Crippen LogP contribution is -2.22. The van der Waals surface area contributed by atoms with Gasteiger partial charge in [0.25, 0.3) is 0 Å². The summed E-state index contributed by atoms with van der Waals surface area (Å²) < 4.78 is 5.47. The van der Waals surface area contributed by atoms with Crippen molar-refractivity contribution in [3.05, 3.63) is 29.3 Å². The summed E-state index contributed by atoms with van der Waals surface area (Å²) in [7, 11) is 0. The van der Waals surface area contributed by atoms with E-state index < -0.39 is 5.60 Å². The Hall–Kier alpha value is -1.02. The van der Waals surface area contributed by atoms with Crippen LogP contribution in [-0.2, 0) is 12.8 Å². The van der Waals surface area contributed by atoms with Gasteiger partial charge < -0.3 is 9.84 Å². The molecule has 0 radical (unpaired) electrons. The topological polar surface area (TPSA) is 29.5 Å². The lowest BCUT2D eigenvalue weighted by Gasteiger charge is -2.18. The second-order valence-corrected chi connectivity index (χ2v) is 4.48. The van der Waals surface area contributed by atoms with Gasteiger partial charge in [0.05, 0.1) is 12.2 Å². The summed E-state index contributed by atoms with van der Waals surface area (Å²) in [5.74, 6) is 0.992. The van der Waals surface area contributed by atoms with Crippen molar-refractivity contribution in [3.8, 4) is 5.75 Å². The molecule has 76 valence electrons. The Morgan fingerprint density at radius 1 is 1.43 bits per heavy atom. The fraction of sp³-hybridized carbons (Fsp3) is 0.500. The SMILES string of the molecule is CC(C)(O)Cc1cccc2c1CCO2. The van der Waals surface area contributed by atoms with Crippen molar-refractivity contribution in [2.75, 3.05) is 6.61 Å². The van der Waals surface area contributed by atoms with Gasteiger partial charge in [-0.3, -0.25) is 0 Å². The summed E-state index contributed by atoms with van der Waals surface area (Å²) in [5.41, 5.74) is 1.85. The molecule has 1 aliphatic rings. The summed E-state index contributed by atoms with van der Waals surface area (Å²) in [6.07, 6.45) is 1.67. The smallest absolute Gasteiger partial charge is 0.122 e. The van der Waals surface area contributed by atoms with Crippen LogP contribution >= 0.6 is 0 Å². The molecule has 0 saturated heterocycles. The van der Waals surface area contributed by atoms with E-state index in [1.54, 1.807) is 0 Å². The Morgan fingerprint density at radius 3 is 2.93 bits per heavy atom. The maximum atomic E-state index is 9.76. The van der Waals surface area contributed by atoms with Crippen LogP contribution in [0.5, 0.6) is 5.75 Å². The van der Waals surface area contributed by atoms with Gasteiger partial charge in [0.1, 0.15) is 5.75 Å². The first-order chi connectivity index (χ1) is 6.56. The molecule has 0 aliphatic carbocycles. The van der Waals surface area contributed by atoms with Crippen LogP contribution in [0.4, 0.5) is 0 Å². The highest BCUT2D eigenvalue weighted by molar-refractivity contribution is 5.43. The maximum Gasteiger partial charge on any atom is 0.122 e. The Morgan fingerprint density at radius 2 is 2.21 bits per heavy atom. The molecule has 2 rings (SSSR count). The number of hydrogen-bond donors (Lipinski definition) is 1. The van der Waals surface area contributed by atoms with Crippen molar-refractivity contribution in [2.24, 2.45) is 0 Å². The van der Waals surface area contributed by atoms with Crippen LogP contribution < -0.4 is 4.74 Å². The van der Waals surface area contributed by atoms with Crippen LogP contribution in [0.2, 0.25) is 0 Å². The predicted molar refractivity (Wildman–Crippen MR) is 55.6 cm³/mol. The van der Waals surface area contributed by atoms with Gasteiger partial charge in [0.2, 0.25) is 0 Å². The van der Waals surface area contributed by atoms with Gasteiger partial charge in [-0.25, -0.2) is 0 Å². The molecule has 0 unspecified atom stereocenters. The summed E-state index contributed by atoms with van der Waals surface area (Å²) in [6.45, 7) is 4.45. The van der Waals surface area contributed by atoms with Gasteiger partial charge in [-0.05, 0) is 25.5 Å². The van der Waals surface area contributed by atoms with Gasteiger partial charge >= 0.3 is 0 Å². The van der Waals surface area contributed by atoms with E-state index in [2.05, 4.69) is 6.07 Å². The van der Waals surface area contributed by atoms with Crippen molar-refractivity contribution in [2.45, 2.75) is 32.3 Å². The summed E-state index contributed by atoms with van der Waals surface area (Å²) in [5, 5.41) is 9.76. The standard InChI is InChI=1S/C12H16O2/c1-12(2,13)8-9-4-3-5-11-10(9)6-7-14-11/h3-5,13H,6-8H2,1-2H3. The average Bonchev–Trinajstić information content (AvgIpc) is 2.49. The van der Waals surface area contributed by atoms with E-state index in [0.717, 1.165) is 18.8 Å². The summed E-state index contributed by atoms with van der Waals surface area (Å²) in [4.78, 5) is 0. The van der Waals surface area contributed by atoms with Crippen LogP contribution in [0.3, 0.4) is 0 Å². The lowest BCUT2D eigenvalue weighted by molar-refractivity contribution is 0.0808. The molecule has 1 aromatic carbocycles. The third-order valence-electron chi connectivity index (χ3n) is 2.46. The Kier molecular flexibility index (Phi) is 2.23. The van der Waals surface area contributed by atoms with Gasteiger partial charge in [0, 0.05) is 18.4 Å². The number of rotatable bonds is 2. The molecule has 0 atom stereocenters. The van der Waals surface area contributed by atoms with E-state index in [1.165, 1.54) is 11.1 Å². The number of hydrogen-bond acceptors (Lipinski definition) is 2. The normalized spacial score (nSPS) is 15.1. The van der Waals surface area contributed by atoms with Gasteiger partial charge in [-0.1, -0.05) is 12.1 Å². The molecule has 0 spiro atoms. The number of aliphatic hydroxyl groups is 1. The van der Waals surface area contributed by atoms with Crippen LogP contribution in [0.15, 0.2) is 18.2 Å². The van der Waals surface area contributed by atoms with E-state index in [0.29, 0.717) is 6.42 Å². The third-order valence-corrected chi connectivity index (χ3v) is 2.46. The largest absolute Gasteiger partial charge is 0.493 e. The second kappa shape index (κ2) is 3.28. The highest BCUT2D eigenvalue weighted by Crippen LogP contribution is 2.29. The molecule has 0 fully saturated rings. The van der Waals surface area contributed by atoms with Crippen molar-refractivity contribution >= 4 is 0 Å². The molecule has 1 heterocycles. The van der Waals surface area contributed by atoms with Crippen molar-refractivity contribution < 1.29 is 9.84 Å². The van der Waals surface area contributed by atoms with Gasteiger partial charge in [-0.2, -0.15) is 0 Å². The molecule has 0 saturated carbocycles. The second-order valence-electron chi connectivity index (χ2n) is 4.48. The maximum absolute atomic E-state index is 9.76. The van der Waals surface area contributed by atoms with E-state index in [4.69, 9.17) is 4.74 Å². The molecule has 2 heteroatoms. The molecule has 0 aromatic heterocycles. The third kappa shape index (κ3) is 1.90. The van der Waals surface area contributed by atoms with Crippen molar-refractivity contribution in [3.63, 3.8) is 0 Å². The fourth-order valence-corrected chi connectivity index (χ4v) is 1.92. The van der Waals surface area contributed by atoms with Crippen molar-refractivity contribution in [1.29, 1.82) is 0 Å². The monoisotopic (exact) mass is 192 g/mol. The fourth-order valence-electron chi connectivity index (χ4n) is 1.92. The van der Waals surface area contributed by atoms with E-state index in [1.807, 2.05) is 26.0 Å². The Balaban J connectivity index is 2.31. The summed E-state index contributed by atoms with van der Waals surface area (Å²) >= 11 is 0. The Labute approximate surface area is 84.5 Å². The number of ether oxygens (including phenoxy) is 1. The molecule has 1 N–H and O–H groups in total. The average molecular weight is 192 g/mol. The minimum atomic E-state index is -0.641. The predicted octanol–water partition coefficient (Wildman–Crippen LogP) is 1.93. The van der Waals surface area contributed by atoms with E-state index >= 15 is 0 Å². The number of fused-ring (bicyclic) bond motifs is 1. The molecule has 1 aliphatic heterocycles. The molecule has 0 bridgehead atoms. The molecular weight excluding hydrogens is 176 g/mol. The first kappa shape index (κ1) is 9.53. The van der Waals surface area contributed by atoms with Crippen LogP contribution in [0.1, 0.15) is 25.0 Å². The zero-order chi connectivity index (χ0) is 10.2. The summed E-state index contributed by atoms with van der Waals surface area (Å²) in [6, 6.07) is 6.06. The zero-order valence-electron chi connectivity index (χ0n) is 8.71. The highest BCUT2D eigenvalue weighted by atomic mass is 16.5.